The number of hydrogen-bond donors (Lipinski definition) is 2. The van der Waals surface area contributed by atoms with Crippen molar-refractivity contribution in [1.29, 1.82) is 5.26 Å². The highest BCUT2D eigenvalue weighted by molar-refractivity contribution is 14.0. The van der Waals surface area contributed by atoms with Crippen molar-refractivity contribution in [3.8, 4) is 6.07 Å². The Morgan fingerprint density at radius 2 is 1.77 bits per heavy atom. The van der Waals surface area contributed by atoms with Crippen molar-refractivity contribution >= 4 is 40.9 Å². The maximum atomic E-state index is 8.83. The molecule has 0 amide bonds. The molecule has 3 rings (SSSR count). The second kappa shape index (κ2) is 9.25. The molecule has 0 spiro atoms. The minimum atomic E-state index is 0. The zero-order valence-corrected chi connectivity index (χ0v) is 17.1. The molecule has 2 N–H and O–H groups in total. The number of guanidine groups is 1. The summed E-state index contributed by atoms with van der Waals surface area (Å²) < 4.78 is 5.91. The van der Waals surface area contributed by atoms with Crippen LogP contribution >= 0.6 is 24.0 Å². The van der Waals surface area contributed by atoms with E-state index in [1.165, 1.54) is 0 Å². The van der Waals surface area contributed by atoms with Crippen LogP contribution in [0.1, 0.15) is 22.5 Å². The molecule has 0 aliphatic heterocycles. The molecule has 5 nitrogen and oxygen atoms in total. The van der Waals surface area contributed by atoms with Crippen molar-refractivity contribution in [3.05, 3.63) is 71.0 Å². The highest BCUT2D eigenvalue weighted by atomic mass is 127. The number of aryl methyl sites for hydroxylation is 1. The number of halogens is 1. The standard InChI is InChI=1S/C20H20N4O.HI/c1-14-17-5-3-4-6-18(17)25-19(14)13-24-20(22-2)23-12-16-9-7-15(11-21)8-10-16;/h3-10H,12-13H2,1-2H3,(H2,22,23,24);1H. The van der Waals surface area contributed by atoms with Gasteiger partial charge in [0.15, 0.2) is 5.96 Å². The lowest BCUT2D eigenvalue weighted by Crippen LogP contribution is -2.36. The van der Waals surface area contributed by atoms with E-state index in [1.54, 1.807) is 7.05 Å². The summed E-state index contributed by atoms with van der Waals surface area (Å²) in [6.07, 6.45) is 0. The highest BCUT2D eigenvalue weighted by Gasteiger charge is 2.10. The van der Waals surface area contributed by atoms with E-state index in [9.17, 15) is 0 Å². The number of nitriles is 1. The van der Waals surface area contributed by atoms with Crippen LogP contribution in [0.25, 0.3) is 11.0 Å². The first kappa shape index (κ1) is 19.8. The van der Waals surface area contributed by atoms with E-state index >= 15 is 0 Å². The smallest absolute Gasteiger partial charge is 0.191 e. The van der Waals surface area contributed by atoms with Crippen LogP contribution in [0.5, 0.6) is 0 Å². The summed E-state index contributed by atoms with van der Waals surface area (Å²) in [6, 6.07) is 17.6. The maximum absolute atomic E-state index is 8.83. The predicted octanol–water partition coefficient (Wildman–Crippen LogP) is 4.10. The molecule has 3 aromatic rings. The number of hydrogen-bond acceptors (Lipinski definition) is 3. The Balaban J connectivity index is 0.00000243. The van der Waals surface area contributed by atoms with Crippen LogP contribution in [0.4, 0.5) is 0 Å². The Hall–Kier alpha value is -2.53. The highest BCUT2D eigenvalue weighted by Crippen LogP contribution is 2.24. The zero-order valence-electron chi connectivity index (χ0n) is 14.7. The topological polar surface area (TPSA) is 73.3 Å². The fraction of sp³-hybridized carbons (Fsp3) is 0.200. The fourth-order valence-electron chi connectivity index (χ4n) is 2.66. The molecule has 1 aromatic heterocycles. The van der Waals surface area contributed by atoms with E-state index < -0.39 is 0 Å². The molecular weight excluding hydrogens is 439 g/mol. The van der Waals surface area contributed by atoms with Gasteiger partial charge in [-0.2, -0.15) is 5.26 Å². The predicted molar refractivity (Wildman–Crippen MR) is 115 cm³/mol. The molecule has 0 bridgehead atoms. The Kier molecular flexibility index (Phi) is 7.04. The van der Waals surface area contributed by atoms with Gasteiger partial charge in [0, 0.05) is 24.5 Å². The quantitative estimate of drug-likeness (QED) is 0.350. The van der Waals surface area contributed by atoms with Crippen LogP contribution in [0.15, 0.2) is 57.9 Å². The molecule has 26 heavy (non-hydrogen) atoms. The monoisotopic (exact) mass is 460 g/mol. The normalized spacial score (nSPS) is 10.9. The van der Waals surface area contributed by atoms with E-state index in [4.69, 9.17) is 9.68 Å². The summed E-state index contributed by atoms with van der Waals surface area (Å²) in [5, 5.41) is 16.5. The Morgan fingerprint density at radius 3 is 2.42 bits per heavy atom. The summed E-state index contributed by atoms with van der Waals surface area (Å²) in [5.74, 6) is 1.60. The summed E-state index contributed by atoms with van der Waals surface area (Å²) in [7, 11) is 1.74. The van der Waals surface area contributed by atoms with Crippen LogP contribution in [-0.4, -0.2) is 13.0 Å². The molecular formula is C20H21IN4O. The van der Waals surface area contributed by atoms with Gasteiger partial charge >= 0.3 is 0 Å². The van der Waals surface area contributed by atoms with Crippen molar-refractivity contribution in [2.75, 3.05) is 7.05 Å². The summed E-state index contributed by atoms with van der Waals surface area (Å²) in [6.45, 7) is 3.26. The fourth-order valence-corrected chi connectivity index (χ4v) is 2.66. The largest absolute Gasteiger partial charge is 0.459 e. The molecule has 2 aromatic carbocycles. The number of nitrogens with zero attached hydrogens (tertiary/aromatic N) is 2. The minimum Gasteiger partial charge on any atom is -0.459 e. The van der Waals surface area contributed by atoms with Crippen LogP contribution in [-0.2, 0) is 13.1 Å². The average Bonchev–Trinajstić information content (AvgIpc) is 2.98. The number of benzene rings is 2. The van der Waals surface area contributed by atoms with Gasteiger partial charge in [-0.1, -0.05) is 30.3 Å². The third kappa shape index (κ3) is 4.55. The van der Waals surface area contributed by atoms with E-state index in [1.807, 2.05) is 42.5 Å². The lowest BCUT2D eigenvalue weighted by atomic mass is 10.1. The maximum Gasteiger partial charge on any atom is 0.191 e. The van der Waals surface area contributed by atoms with Gasteiger partial charge in [0.1, 0.15) is 11.3 Å². The number of aliphatic imine (C=N–C) groups is 1. The molecule has 0 aliphatic rings. The van der Waals surface area contributed by atoms with Gasteiger partial charge < -0.3 is 15.1 Å². The molecule has 0 saturated heterocycles. The third-order valence-electron chi connectivity index (χ3n) is 4.13. The number of fused-ring (bicyclic) bond motifs is 1. The Morgan fingerprint density at radius 1 is 1.08 bits per heavy atom. The van der Waals surface area contributed by atoms with Crippen molar-refractivity contribution < 1.29 is 4.42 Å². The van der Waals surface area contributed by atoms with Gasteiger partial charge in [0.25, 0.3) is 0 Å². The molecule has 0 atom stereocenters. The van der Waals surface area contributed by atoms with E-state index in [0.29, 0.717) is 24.6 Å². The Labute approximate surface area is 170 Å². The molecule has 0 aliphatic carbocycles. The summed E-state index contributed by atoms with van der Waals surface area (Å²) in [4.78, 5) is 4.24. The van der Waals surface area contributed by atoms with E-state index in [0.717, 1.165) is 27.9 Å². The molecule has 0 saturated carbocycles. The third-order valence-corrected chi connectivity index (χ3v) is 4.13. The second-order valence-electron chi connectivity index (χ2n) is 5.73. The van der Waals surface area contributed by atoms with Crippen LogP contribution in [0, 0.1) is 18.3 Å². The van der Waals surface area contributed by atoms with Crippen molar-refractivity contribution in [3.63, 3.8) is 0 Å². The van der Waals surface area contributed by atoms with Crippen molar-refractivity contribution in [2.45, 2.75) is 20.0 Å². The first-order valence-electron chi connectivity index (χ1n) is 8.12. The zero-order chi connectivity index (χ0) is 17.6. The molecule has 134 valence electrons. The van der Waals surface area contributed by atoms with Gasteiger partial charge in [-0.05, 0) is 30.7 Å². The van der Waals surface area contributed by atoms with E-state index in [-0.39, 0.29) is 24.0 Å². The number of furan rings is 1. The van der Waals surface area contributed by atoms with Crippen LogP contribution in [0.2, 0.25) is 0 Å². The van der Waals surface area contributed by atoms with Gasteiger partial charge in [0.2, 0.25) is 0 Å². The van der Waals surface area contributed by atoms with E-state index in [2.05, 4.69) is 34.7 Å². The van der Waals surface area contributed by atoms with Crippen LogP contribution < -0.4 is 10.6 Å². The van der Waals surface area contributed by atoms with Gasteiger partial charge in [-0.15, -0.1) is 24.0 Å². The Bertz CT molecular complexity index is 939. The summed E-state index contributed by atoms with van der Waals surface area (Å²) in [5.41, 5.74) is 3.79. The number of nitrogens with one attached hydrogen (secondary N) is 2. The van der Waals surface area contributed by atoms with Crippen LogP contribution in [0.3, 0.4) is 0 Å². The lowest BCUT2D eigenvalue weighted by molar-refractivity contribution is 0.534. The SMILES string of the molecule is CN=C(NCc1ccc(C#N)cc1)NCc1oc2ccccc2c1C.I. The van der Waals surface area contributed by atoms with Gasteiger partial charge in [0.05, 0.1) is 18.2 Å². The molecule has 0 radical (unpaired) electrons. The van der Waals surface area contributed by atoms with Gasteiger partial charge in [-0.25, -0.2) is 0 Å². The first-order chi connectivity index (χ1) is 12.2. The lowest BCUT2D eigenvalue weighted by Gasteiger charge is -2.11. The first-order valence-corrected chi connectivity index (χ1v) is 8.12. The molecule has 0 fully saturated rings. The molecule has 0 unspecified atom stereocenters. The van der Waals surface area contributed by atoms with Gasteiger partial charge in [-0.3, -0.25) is 4.99 Å². The number of para-hydroxylation sites is 1. The number of rotatable bonds is 4. The second-order valence-corrected chi connectivity index (χ2v) is 5.73. The molecule has 1 heterocycles. The molecule has 6 heteroatoms. The van der Waals surface area contributed by atoms with Crippen molar-refractivity contribution in [1.82, 2.24) is 10.6 Å². The average molecular weight is 460 g/mol. The van der Waals surface area contributed by atoms with Crippen molar-refractivity contribution in [2.24, 2.45) is 4.99 Å². The summed E-state index contributed by atoms with van der Waals surface area (Å²) >= 11 is 0. The minimum absolute atomic E-state index is 0.